The SMILES string of the molecule is COC1C2CCC1N(c1ncccn1)C2. The number of hydrogen-bond acceptors (Lipinski definition) is 4. The van der Waals surface area contributed by atoms with Gasteiger partial charge in [-0.2, -0.15) is 0 Å². The number of methoxy groups -OCH3 is 1. The Kier molecular flexibility index (Phi) is 2.09. The van der Waals surface area contributed by atoms with Gasteiger partial charge < -0.3 is 9.64 Å². The Morgan fingerprint density at radius 1 is 1.33 bits per heavy atom. The molecule has 1 saturated carbocycles. The minimum atomic E-state index is 0.383. The monoisotopic (exact) mass is 205 g/mol. The number of piperidine rings is 1. The molecule has 1 saturated heterocycles. The van der Waals surface area contributed by atoms with Gasteiger partial charge in [0.2, 0.25) is 5.95 Å². The van der Waals surface area contributed by atoms with Crippen LogP contribution >= 0.6 is 0 Å². The first-order valence-corrected chi connectivity index (χ1v) is 5.46. The van der Waals surface area contributed by atoms with Crippen LogP contribution in [0.3, 0.4) is 0 Å². The predicted octanol–water partition coefficient (Wildman–Crippen LogP) is 1.09. The van der Waals surface area contributed by atoms with Crippen molar-refractivity contribution in [2.24, 2.45) is 5.92 Å². The maximum absolute atomic E-state index is 5.55. The number of nitrogens with zero attached hydrogens (tertiary/aromatic N) is 3. The highest BCUT2D eigenvalue weighted by atomic mass is 16.5. The van der Waals surface area contributed by atoms with Crippen LogP contribution in [0.1, 0.15) is 12.8 Å². The maximum atomic E-state index is 5.55. The number of anilines is 1. The van der Waals surface area contributed by atoms with Gasteiger partial charge in [-0.1, -0.05) is 0 Å². The molecule has 3 atom stereocenters. The van der Waals surface area contributed by atoms with Crippen molar-refractivity contribution in [2.45, 2.75) is 25.0 Å². The van der Waals surface area contributed by atoms with Gasteiger partial charge in [0, 0.05) is 32.0 Å². The van der Waals surface area contributed by atoms with Crippen LogP contribution in [0.4, 0.5) is 5.95 Å². The van der Waals surface area contributed by atoms with Gasteiger partial charge in [-0.05, 0) is 18.9 Å². The topological polar surface area (TPSA) is 38.2 Å². The van der Waals surface area contributed by atoms with E-state index in [0.29, 0.717) is 18.1 Å². The average molecular weight is 205 g/mol. The van der Waals surface area contributed by atoms with Gasteiger partial charge in [0.1, 0.15) is 0 Å². The fourth-order valence-electron chi connectivity index (χ4n) is 2.96. The van der Waals surface area contributed by atoms with E-state index in [2.05, 4.69) is 14.9 Å². The van der Waals surface area contributed by atoms with E-state index in [0.717, 1.165) is 12.5 Å². The summed E-state index contributed by atoms with van der Waals surface area (Å²) in [6.45, 7) is 1.05. The molecule has 0 amide bonds. The fourth-order valence-corrected chi connectivity index (χ4v) is 2.96. The van der Waals surface area contributed by atoms with Crippen molar-refractivity contribution in [3.05, 3.63) is 18.5 Å². The summed E-state index contributed by atoms with van der Waals surface area (Å²) in [5.74, 6) is 1.52. The van der Waals surface area contributed by atoms with E-state index < -0.39 is 0 Å². The summed E-state index contributed by atoms with van der Waals surface area (Å²) >= 11 is 0. The molecule has 1 aliphatic heterocycles. The molecule has 15 heavy (non-hydrogen) atoms. The molecule has 0 aromatic carbocycles. The first-order chi connectivity index (χ1) is 7.40. The van der Waals surface area contributed by atoms with Crippen molar-refractivity contribution in [3.63, 3.8) is 0 Å². The van der Waals surface area contributed by atoms with Crippen molar-refractivity contribution in [3.8, 4) is 0 Å². The Morgan fingerprint density at radius 3 is 2.80 bits per heavy atom. The fraction of sp³-hybridized carbons (Fsp3) is 0.636. The molecule has 2 fully saturated rings. The molecule has 80 valence electrons. The van der Waals surface area contributed by atoms with Crippen LogP contribution < -0.4 is 4.90 Å². The molecule has 2 bridgehead atoms. The number of ether oxygens (including phenoxy) is 1. The first kappa shape index (κ1) is 9.09. The van der Waals surface area contributed by atoms with Crippen LogP contribution in [0.25, 0.3) is 0 Å². The Hall–Kier alpha value is -1.16. The zero-order valence-corrected chi connectivity index (χ0v) is 8.84. The number of aromatic nitrogens is 2. The average Bonchev–Trinajstić information content (AvgIpc) is 2.86. The van der Waals surface area contributed by atoms with Gasteiger partial charge in [-0.15, -0.1) is 0 Å². The van der Waals surface area contributed by atoms with Gasteiger partial charge in [0.05, 0.1) is 12.1 Å². The molecule has 1 aliphatic carbocycles. The van der Waals surface area contributed by atoms with Crippen molar-refractivity contribution in [1.82, 2.24) is 9.97 Å². The molecule has 3 rings (SSSR count). The highest BCUT2D eigenvalue weighted by Gasteiger charge is 2.47. The molecule has 4 heteroatoms. The summed E-state index contributed by atoms with van der Waals surface area (Å²) in [4.78, 5) is 10.9. The second-order valence-electron chi connectivity index (χ2n) is 4.31. The van der Waals surface area contributed by atoms with Crippen LogP contribution in [0.2, 0.25) is 0 Å². The van der Waals surface area contributed by atoms with Gasteiger partial charge in [0.25, 0.3) is 0 Å². The van der Waals surface area contributed by atoms with Gasteiger partial charge in [-0.25, -0.2) is 9.97 Å². The highest BCUT2D eigenvalue weighted by Crippen LogP contribution is 2.40. The molecule has 4 nitrogen and oxygen atoms in total. The Balaban J connectivity index is 1.86. The van der Waals surface area contributed by atoms with E-state index in [9.17, 15) is 0 Å². The quantitative estimate of drug-likeness (QED) is 0.724. The minimum Gasteiger partial charge on any atom is -0.379 e. The Bertz CT molecular complexity index is 343. The zero-order chi connectivity index (χ0) is 10.3. The van der Waals surface area contributed by atoms with E-state index in [-0.39, 0.29) is 0 Å². The largest absolute Gasteiger partial charge is 0.379 e. The molecule has 2 heterocycles. The number of rotatable bonds is 2. The molecule has 1 aromatic rings. The normalized spacial score (nSPS) is 33.7. The lowest BCUT2D eigenvalue weighted by Crippen LogP contribution is -2.36. The second-order valence-corrected chi connectivity index (χ2v) is 4.31. The highest BCUT2D eigenvalue weighted by molar-refractivity contribution is 5.36. The van der Waals surface area contributed by atoms with Crippen LogP contribution in [-0.2, 0) is 4.74 Å². The smallest absolute Gasteiger partial charge is 0.225 e. The molecule has 0 N–H and O–H groups in total. The predicted molar refractivity (Wildman–Crippen MR) is 56.7 cm³/mol. The summed E-state index contributed by atoms with van der Waals surface area (Å²) in [6, 6.07) is 2.34. The van der Waals surface area contributed by atoms with E-state index in [4.69, 9.17) is 4.74 Å². The van der Waals surface area contributed by atoms with Crippen molar-refractivity contribution < 1.29 is 4.74 Å². The summed E-state index contributed by atoms with van der Waals surface area (Å²) in [5.41, 5.74) is 0. The molecule has 0 spiro atoms. The molecule has 3 unspecified atom stereocenters. The molecular weight excluding hydrogens is 190 g/mol. The second kappa shape index (κ2) is 3.45. The molecule has 2 aliphatic rings. The van der Waals surface area contributed by atoms with Gasteiger partial charge in [0.15, 0.2) is 0 Å². The van der Waals surface area contributed by atoms with Gasteiger partial charge in [-0.3, -0.25) is 0 Å². The minimum absolute atomic E-state index is 0.383. The van der Waals surface area contributed by atoms with Crippen LogP contribution in [-0.4, -0.2) is 35.8 Å². The summed E-state index contributed by atoms with van der Waals surface area (Å²) < 4.78 is 5.55. The first-order valence-electron chi connectivity index (χ1n) is 5.46. The Labute approximate surface area is 89.3 Å². The van der Waals surface area contributed by atoms with Crippen LogP contribution in [0, 0.1) is 5.92 Å². The van der Waals surface area contributed by atoms with E-state index in [1.54, 1.807) is 12.4 Å². The summed E-state index contributed by atoms with van der Waals surface area (Å²) in [7, 11) is 1.81. The van der Waals surface area contributed by atoms with Crippen molar-refractivity contribution >= 4 is 5.95 Å². The van der Waals surface area contributed by atoms with Crippen molar-refractivity contribution in [1.29, 1.82) is 0 Å². The third-order valence-electron chi connectivity index (χ3n) is 3.59. The van der Waals surface area contributed by atoms with Crippen LogP contribution in [0.5, 0.6) is 0 Å². The number of fused-ring (bicyclic) bond motifs is 2. The van der Waals surface area contributed by atoms with Crippen molar-refractivity contribution in [2.75, 3.05) is 18.6 Å². The van der Waals surface area contributed by atoms with Crippen LogP contribution in [0.15, 0.2) is 18.5 Å². The maximum Gasteiger partial charge on any atom is 0.225 e. The standard InChI is InChI=1S/C11H15N3O/c1-15-10-8-3-4-9(10)14(7-8)11-12-5-2-6-13-11/h2,5-6,8-10H,3-4,7H2,1H3. The lowest BCUT2D eigenvalue weighted by atomic mass is 10.1. The number of hydrogen-bond donors (Lipinski definition) is 0. The zero-order valence-electron chi connectivity index (χ0n) is 8.84. The van der Waals surface area contributed by atoms with Gasteiger partial charge >= 0.3 is 0 Å². The third kappa shape index (κ3) is 1.32. The lowest BCUT2D eigenvalue weighted by Gasteiger charge is -2.26. The van der Waals surface area contributed by atoms with E-state index >= 15 is 0 Å². The molecule has 1 aromatic heterocycles. The lowest BCUT2D eigenvalue weighted by molar-refractivity contribution is 0.0853. The Morgan fingerprint density at radius 2 is 2.13 bits per heavy atom. The molecule has 0 radical (unpaired) electrons. The summed E-state index contributed by atoms with van der Waals surface area (Å²) in [5, 5.41) is 0. The van der Waals surface area contributed by atoms with E-state index in [1.165, 1.54) is 12.8 Å². The summed E-state index contributed by atoms with van der Waals surface area (Å²) in [6.07, 6.45) is 6.48. The third-order valence-corrected chi connectivity index (χ3v) is 3.59. The molecular formula is C11H15N3O. The van der Waals surface area contributed by atoms with E-state index in [1.807, 2.05) is 13.2 Å².